The minimum Gasteiger partial charge on any atom is -0.493 e. The van der Waals surface area contributed by atoms with Gasteiger partial charge in [0.1, 0.15) is 0 Å². The molecule has 1 amide bonds. The molecule has 2 rings (SSSR count). The highest BCUT2D eigenvalue weighted by Crippen LogP contribution is 2.38. The predicted octanol–water partition coefficient (Wildman–Crippen LogP) is 3.39. The highest BCUT2D eigenvalue weighted by Gasteiger charge is 2.17. The molecule has 0 aromatic heterocycles. The molecule has 2 aromatic carbocycles. The van der Waals surface area contributed by atoms with Gasteiger partial charge >= 0.3 is 0 Å². The van der Waals surface area contributed by atoms with Gasteiger partial charge in [0.2, 0.25) is 5.75 Å². The molecule has 156 valence electrons. The molecule has 0 fully saturated rings. The summed E-state index contributed by atoms with van der Waals surface area (Å²) >= 11 is 0. The zero-order chi connectivity index (χ0) is 21.4. The van der Waals surface area contributed by atoms with Gasteiger partial charge in [-0.15, -0.1) is 6.58 Å². The Bertz CT molecular complexity index is 853. The van der Waals surface area contributed by atoms with Gasteiger partial charge < -0.3 is 29.0 Å². The number of nitrogens with one attached hydrogen (secondary N) is 1. The molecule has 7 heteroatoms. The molecule has 0 aliphatic heterocycles. The van der Waals surface area contributed by atoms with E-state index in [0.717, 1.165) is 11.1 Å². The van der Waals surface area contributed by atoms with Crippen molar-refractivity contribution >= 4 is 5.91 Å². The average Bonchev–Trinajstić information content (AvgIpc) is 2.75. The summed E-state index contributed by atoms with van der Waals surface area (Å²) in [6.07, 6.45) is 2.41. The maximum Gasteiger partial charge on any atom is 0.251 e. The SMILES string of the molecule is C=CCc1cc(CNC(=O)c2cc(OC)c(OC)c(OC)c2)cc(OC)c1OC. The van der Waals surface area contributed by atoms with Crippen LogP contribution in [0.2, 0.25) is 0 Å². The molecule has 0 saturated heterocycles. The van der Waals surface area contributed by atoms with Crippen LogP contribution in [0.15, 0.2) is 36.9 Å². The van der Waals surface area contributed by atoms with Gasteiger partial charge in [0, 0.05) is 17.7 Å². The van der Waals surface area contributed by atoms with Gasteiger partial charge in [-0.25, -0.2) is 0 Å². The van der Waals surface area contributed by atoms with E-state index in [1.54, 1.807) is 32.4 Å². The van der Waals surface area contributed by atoms with Crippen molar-refractivity contribution in [1.82, 2.24) is 5.32 Å². The fourth-order valence-electron chi connectivity index (χ4n) is 3.01. The zero-order valence-electron chi connectivity index (χ0n) is 17.5. The fraction of sp³-hybridized carbons (Fsp3) is 0.318. The van der Waals surface area contributed by atoms with E-state index in [9.17, 15) is 4.79 Å². The largest absolute Gasteiger partial charge is 0.493 e. The Morgan fingerprint density at radius 1 is 0.862 bits per heavy atom. The Balaban J connectivity index is 2.27. The van der Waals surface area contributed by atoms with Crippen molar-refractivity contribution in [2.45, 2.75) is 13.0 Å². The third-order valence-electron chi connectivity index (χ3n) is 4.36. The first-order chi connectivity index (χ1) is 14.0. The minimum absolute atomic E-state index is 0.274. The molecule has 0 atom stereocenters. The predicted molar refractivity (Wildman–Crippen MR) is 111 cm³/mol. The highest BCUT2D eigenvalue weighted by molar-refractivity contribution is 5.95. The van der Waals surface area contributed by atoms with Crippen molar-refractivity contribution in [3.63, 3.8) is 0 Å². The number of carbonyl (C=O) groups is 1. The van der Waals surface area contributed by atoms with Crippen LogP contribution in [0.3, 0.4) is 0 Å². The molecular weight excluding hydrogens is 374 g/mol. The third-order valence-corrected chi connectivity index (χ3v) is 4.36. The van der Waals surface area contributed by atoms with Crippen LogP contribution < -0.4 is 29.0 Å². The summed E-state index contributed by atoms with van der Waals surface area (Å²) in [5, 5.41) is 2.90. The summed E-state index contributed by atoms with van der Waals surface area (Å²) in [6, 6.07) is 7.00. The van der Waals surface area contributed by atoms with Gasteiger partial charge in [0.05, 0.1) is 35.5 Å². The summed E-state index contributed by atoms with van der Waals surface area (Å²) in [6.45, 7) is 4.08. The van der Waals surface area contributed by atoms with E-state index in [1.165, 1.54) is 21.3 Å². The Morgan fingerprint density at radius 2 is 1.41 bits per heavy atom. The molecule has 0 saturated carbocycles. The molecule has 2 aromatic rings. The maximum absolute atomic E-state index is 12.7. The van der Waals surface area contributed by atoms with Crippen LogP contribution in [0, 0.1) is 0 Å². The van der Waals surface area contributed by atoms with Gasteiger partial charge in [0.15, 0.2) is 23.0 Å². The smallest absolute Gasteiger partial charge is 0.251 e. The van der Waals surface area contributed by atoms with E-state index in [-0.39, 0.29) is 5.91 Å². The van der Waals surface area contributed by atoms with E-state index < -0.39 is 0 Å². The van der Waals surface area contributed by atoms with Crippen LogP contribution >= 0.6 is 0 Å². The van der Waals surface area contributed by atoms with E-state index in [4.69, 9.17) is 23.7 Å². The lowest BCUT2D eigenvalue weighted by Gasteiger charge is -2.16. The minimum atomic E-state index is -0.274. The first-order valence-corrected chi connectivity index (χ1v) is 8.95. The first kappa shape index (κ1) is 21.9. The Morgan fingerprint density at radius 3 is 1.90 bits per heavy atom. The topological polar surface area (TPSA) is 75.3 Å². The molecule has 1 N–H and O–H groups in total. The van der Waals surface area contributed by atoms with Crippen LogP contribution in [0.4, 0.5) is 0 Å². The average molecular weight is 401 g/mol. The Kier molecular flexibility index (Phi) is 7.77. The van der Waals surface area contributed by atoms with Gasteiger partial charge in [-0.05, 0) is 36.2 Å². The molecule has 29 heavy (non-hydrogen) atoms. The number of methoxy groups -OCH3 is 5. The van der Waals surface area contributed by atoms with Crippen molar-refractivity contribution < 1.29 is 28.5 Å². The first-order valence-electron chi connectivity index (χ1n) is 8.95. The number of benzene rings is 2. The number of hydrogen-bond donors (Lipinski definition) is 1. The van der Waals surface area contributed by atoms with E-state index in [0.29, 0.717) is 47.3 Å². The lowest BCUT2D eigenvalue weighted by atomic mass is 10.1. The number of carbonyl (C=O) groups excluding carboxylic acids is 1. The Labute approximate surface area is 171 Å². The van der Waals surface area contributed by atoms with E-state index >= 15 is 0 Å². The second-order valence-electron chi connectivity index (χ2n) is 6.08. The van der Waals surface area contributed by atoms with Crippen molar-refractivity contribution in [2.75, 3.05) is 35.5 Å². The third kappa shape index (κ3) is 4.93. The number of allylic oxidation sites excluding steroid dienone is 1. The van der Waals surface area contributed by atoms with E-state index in [2.05, 4.69) is 11.9 Å². The number of rotatable bonds is 10. The van der Waals surface area contributed by atoms with Crippen LogP contribution in [-0.2, 0) is 13.0 Å². The second kappa shape index (κ2) is 10.3. The van der Waals surface area contributed by atoms with Crippen molar-refractivity contribution in [1.29, 1.82) is 0 Å². The summed E-state index contributed by atoms with van der Waals surface area (Å²) in [4.78, 5) is 12.7. The molecule has 0 aliphatic carbocycles. The lowest BCUT2D eigenvalue weighted by molar-refractivity contribution is 0.0950. The quantitative estimate of drug-likeness (QED) is 0.615. The van der Waals surface area contributed by atoms with Crippen molar-refractivity contribution in [2.24, 2.45) is 0 Å². The monoisotopic (exact) mass is 401 g/mol. The van der Waals surface area contributed by atoms with Crippen molar-refractivity contribution in [3.05, 3.63) is 53.6 Å². The summed E-state index contributed by atoms with van der Waals surface area (Å²) in [5.74, 6) is 2.24. The van der Waals surface area contributed by atoms with Crippen molar-refractivity contribution in [3.8, 4) is 28.7 Å². The van der Waals surface area contributed by atoms with Gasteiger partial charge in [-0.3, -0.25) is 4.79 Å². The molecule has 0 unspecified atom stereocenters. The van der Waals surface area contributed by atoms with Crippen LogP contribution in [0.25, 0.3) is 0 Å². The molecular formula is C22H27NO6. The number of hydrogen-bond acceptors (Lipinski definition) is 6. The number of amides is 1. The van der Waals surface area contributed by atoms with E-state index in [1.807, 2.05) is 12.1 Å². The molecule has 0 spiro atoms. The molecule has 0 heterocycles. The maximum atomic E-state index is 12.7. The fourth-order valence-corrected chi connectivity index (χ4v) is 3.01. The van der Waals surface area contributed by atoms with Gasteiger partial charge in [0.25, 0.3) is 5.91 Å². The van der Waals surface area contributed by atoms with Crippen LogP contribution in [0.5, 0.6) is 28.7 Å². The van der Waals surface area contributed by atoms with Crippen LogP contribution in [-0.4, -0.2) is 41.5 Å². The summed E-state index contributed by atoms with van der Waals surface area (Å²) in [5.41, 5.74) is 2.20. The molecule has 7 nitrogen and oxygen atoms in total. The Hall–Kier alpha value is -3.35. The molecule has 0 bridgehead atoms. The number of ether oxygens (including phenoxy) is 5. The van der Waals surface area contributed by atoms with Gasteiger partial charge in [-0.2, -0.15) is 0 Å². The molecule has 0 radical (unpaired) electrons. The van der Waals surface area contributed by atoms with Gasteiger partial charge in [-0.1, -0.05) is 6.08 Å². The normalized spacial score (nSPS) is 10.1. The standard InChI is InChI=1S/C22H27NO6/c1-7-8-15-9-14(10-17(25-2)20(15)28-5)13-23-22(24)16-11-18(26-3)21(29-6)19(12-16)27-4/h7,9-12H,1,8,13H2,2-6H3,(H,23,24). The molecule has 0 aliphatic rings. The second-order valence-corrected chi connectivity index (χ2v) is 6.08. The lowest BCUT2D eigenvalue weighted by Crippen LogP contribution is -2.23. The zero-order valence-corrected chi connectivity index (χ0v) is 17.5. The summed E-state index contributed by atoms with van der Waals surface area (Å²) in [7, 11) is 7.69. The highest BCUT2D eigenvalue weighted by atomic mass is 16.5. The van der Waals surface area contributed by atoms with Crippen LogP contribution in [0.1, 0.15) is 21.5 Å². The summed E-state index contributed by atoms with van der Waals surface area (Å²) < 4.78 is 26.8.